The van der Waals surface area contributed by atoms with Gasteiger partial charge in [-0.15, -0.1) is 0 Å². The summed E-state index contributed by atoms with van der Waals surface area (Å²) in [6, 6.07) is 0. The van der Waals surface area contributed by atoms with Crippen molar-refractivity contribution in [2.45, 2.75) is 0 Å². The fourth-order valence-corrected chi connectivity index (χ4v) is 6.39. The summed E-state index contributed by atoms with van der Waals surface area (Å²) < 4.78 is 211. The number of benzene rings is 3. The van der Waals surface area contributed by atoms with Crippen LogP contribution in [0, 0.1) is 87.3 Å². The fraction of sp³-hybridized carbons (Fsp3) is 0. The van der Waals surface area contributed by atoms with E-state index < -0.39 is 110 Å². The van der Waals surface area contributed by atoms with E-state index in [1.807, 2.05) is 0 Å². The average molecular weight is 546 g/mol. The van der Waals surface area contributed by atoms with Gasteiger partial charge < -0.3 is 0 Å². The van der Waals surface area contributed by atoms with Crippen LogP contribution in [-0.2, 0) is 0 Å². The first-order valence-corrected chi connectivity index (χ1v) is 10.3. The lowest BCUT2D eigenvalue weighted by Crippen LogP contribution is -2.39. The molecule has 3 rings (SSSR count). The second kappa shape index (κ2) is 8.54. The van der Waals surface area contributed by atoms with Crippen molar-refractivity contribution < 1.29 is 65.9 Å². The Labute approximate surface area is 183 Å². The summed E-state index contributed by atoms with van der Waals surface area (Å²) in [6.07, 6.45) is 2.58. The van der Waals surface area contributed by atoms with Crippen molar-refractivity contribution in [1.29, 1.82) is 0 Å². The lowest BCUT2D eigenvalue weighted by molar-refractivity contribution is 0.381. The van der Waals surface area contributed by atoms with E-state index in [2.05, 4.69) is 6.30 Å². The van der Waals surface area contributed by atoms with Gasteiger partial charge in [0.1, 0.15) is 0 Å². The number of rotatable bonds is 3. The van der Waals surface area contributed by atoms with Gasteiger partial charge in [0, 0.05) is 0 Å². The topological polar surface area (TPSA) is 0 Å². The van der Waals surface area contributed by atoms with Gasteiger partial charge in [0.15, 0.2) is 69.8 Å². The highest BCUT2D eigenvalue weighted by molar-refractivity contribution is 7.93. The van der Waals surface area contributed by atoms with Gasteiger partial charge in [0.05, 0.1) is 15.9 Å². The maximum Gasteiger partial charge on any atom is 0.200 e. The molecule has 0 amide bonds. The predicted molar refractivity (Wildman–Crippen MR) is 91.6 cm³/mol. The number of halogens is 15. The third-order valence-corrected chi connectivity index (χ3v) is 8.17. The second-order valence-corrected chi connectivity index (χ2v) is 9.53. The van der Waals surface area contributed by atoms with Gasteiger partial charge in [0.2, 0.25) is 17.5 Å². The number of hydrogen-bond donors (Lipinski definition) is 0. The highest BCUT2D eigenvalue weighted by Crippen LogP contribution is 2.49. The second-order valence-electron chi connectivity index (χ2n) is 6.57. The minimum Gasteiger partial charge on any atom is -0.203 e. The third kappa shape index (κ3) is 3.42. The molecule has 0 nitrogen and oxygen atoms in total. The molecule has 188 valence electrons. The molecule has 3 aromatic rings. The summed E-state index contributed by atoms with van der Waals surface area (Å²) in [5.74, 6) is -45.5. The Balaban J connectivity index is 2.80. The normalized spacial score (nSPS) is 12.0. The van der Waals surface area contributed by atoms with Crippen molar-refractivity contribution in [2.24, 2.45) is 0 Å². The van der Waals surface area contributed by atoms with E-state index >= 15 is 0 Å². The zero-order valence-electron chi connectivity index (χ0n) is 15.8. The van der Waals surface area contributed by atoms with Gasteiger partial charge in [-0.3, -0.25) is 0 Å². The minimum atomic E-state index is -6.41. The van der Waals surface area contributed by atoms with E-state index in [-0.39, 0.29) is 0 Å². The first-order valence-electron chi connectivity index (χ1n) is 8.32. The highest BCUT2D eigenvalue weighted by atomic mass is 31.2. The predicted octanol–water partition coefficient (Wildman–Crippen LogP) is 5.50. The Bertz CT molecular complexity index is 1210. The van der Waals surface area contributed by atoms with E-state index in [0.717, 1.165) is 0 Å². The molecule has 0 unspecified atom stereocenters. The lowest BCUT2D eigenvalue weighted by Gasteiger charge is -2.29. The van der Waals surface area contributed by atoms with Crippen LogP contribution in [0.2, 0.25) is 0 Å². The van der Waals surface area contributed by atoms with Gasteiger partial charge in [-0.1, -0.05) is 6.30 Å². The van der Waals surface area contributed by atoms with Crippen LogP contribution in [0.5, 0.6) is 0 Å². The Kier molecular flexibility index (Phi) is 6.47. The first kappa shape index (κ1) is 26.5. The molecule has 0 atom stereocenters. The first-order chi connectivity index (χ1) is 16.0. The Hall–Kier alpha value is -3.09. The number of hydrogen-bond acceptors (Lipinski definition) is 0. The molecular weight excluding hydrogens is 544 g/mol. The molecule has 0 fully saturated rings. The summed E-state index contributed by atoms with van der Waals surface area (Å²) >= 11 is 0. The van der Waals surface area contributed by atoms with Gasteiger partial charge in [-0.25, -0.2) is 65.9 Å². The monoisotopic (exact) mass is 546 g/mol. The van der Waals surface area contributed by atoms with E-state index in [4.69, 9.17) is 0 Å². The minimum absolute atomic E-state index is 2.58. The summed E-state index contributed by atoms with van der Waals surface area (Å²) in [4.78, 5) is 0. The molecule has 0 saturated carbocycles. The van der Waals surface area contributed by atoms with Crippen LogP contribution in [-0.4, -0.2) is 6.30 Å². The van der Waals surface area contributed by atoms with E-state index in [9.17, 15) is 65.9 Å². The molecule has 0 heterocycles. The molecule has 0 radical (unpaired) electrons. The molecule has 35 heavy (non-hydrogen) atoms. The molecule has 0 aliphatic heterocycles. The van der Waals surface area contributed by atoms with Crippen LogP contribution in [0.25, 0.3) is 0 Å². The summed E-state index contributed by atoms with van der Waals surface area (Å²) in [5, 5.41) is -8.08. The smallest absolute Gasteiger partial charge is 0.200 e. The molecule has 16 heteroatoms. The van der Waals surface area contributed by atoms with Crippen molar-refractivity contribution in [3.05, 3.63) is 87.3 Å². The van der Waals surface area contributed by atoms with Crippen LogP contribution in [0.15, 0.2) is 0 Å². The van der Waals surface area contributed by atoms with Gasteiger partial charge in [-0.2, -0.15) is 0 Å². The summed E-state index contributed by atoms with van der Waals surface area (Å²) in [6.45, 7) is -6.41. The van der Waals surface area contributed by atoms with Crippen LogP contribution in [0.3, 0.4) is 0 Å². The maximum atomic E-state index is 14.6. The average Bonchev–Trinajstić information content (AvgIpc) is 2.81. The van der Waals surface area contributed by atoms with Gasteiger partial charge in [-0.05, 0) is 6.89 Å². The van der Waals surface area contributed by atoms with Crippen molar-refractivity contribution in [1.82, 2.24) is 0 Å². The Morgan fingerprint density at radius 1 is 0.257 bits per heavy atom. The van der Waals surface area contributed by atoms with Crippen molar-refractivity contribution in [3.8, 4) is 0 Å². The molecule has 0 aromatic heterocycles. The van der Waals surface area contributed by atoms with E-state index in [1.54, 1.807) is 0 Å². The molecule has 0 saturated heterocycles. The Morgan fingerprint density at radius 2 is 0.371 bits per heavy atom. The maximum absolute atomic E-state index is 14.6. The molecular formula is C19H2F15P. The van der Waals surface area contributed by atoms with Gasteiger partial charge >= 0.3 is 0 Å². The van der Waals surface area contributed by atoms with Crippen LogP contribution in [0.4, 0.5) is 65.9 Å². The van der Waals surface area contributed by atoms with E-state index in [1.165, 1.54) is 0 Å². The third-order valence-electron chi connectivity index (χ3n) is 4.71. The van der Waals surface area contributed by atoms with Crippen LogP contribution in [0.1, 0.15) is 0 Å². The van der Waals surface area contributed by atoms with Gasteiger partial charge in [0.25, 0.3) is 0 Å². The van der Waals surface area contributed by atoms with Crippen molar-refractivity contribution >= 4 is 29.1 Å². The molecule has 0 aliphatic rings. The molecule has 0 spiro atoms. The van der Waals surface area contributed by atoms with Crippen LogP contribution >= 0.6 is 6.89 Å². The molecule has 0 N–H and O–H groups in total. The summed E-state index contributed by atoms with van der Waals surface area (Å²) in [7, 11) is 0. The zero-order valence-corrected chi connectivity index (χ0v) is 16.7. The van der Waals surface area contributed by atoms with Crippen LogP contribution < -0.4 is 15.9 Å². The fourth-order valence-electron chi connectivity index (χ4n) is 3.12. The molecule has 0 aliphatic carbocycles. The Morgan fingerprint density at radius 3 is 0.514 bits per heavy atom. The zero-order chi connectivity index (χ0) is 26.9. The van der Waals surface area contributed by atoms with Crippen molar-refractivity contribution in [2.75, 3.05) is 0 Å². The highest BCUT2D eigenvalue weighted by Gasteiger charge is 2.45. The largest absolute Gasteiger partial charge is 0.203 e. The van der Waals surface area contributed by atoms with Crippen molar-refractivity contribution in [3.63, 3.8) is 0 Å². The molecule has 3 aromatic carbocycles. The standard InChI is InChI=1S/C19H2F15P/c1-35(17-11(29)5(23)2(20)6(24)12(17)30,18-13(31)7(25)3(21)8(26)14(18)32)19-15(33)9(27)4(22)10(28)16(19)34/h1H2. The quantitative estimate of drug-likeness (QED) is 0.176. The summed E-state index contributed by atoms with van der Waals surface area (Å²) in [5.41, 5.74) is 0. The SMILES string of the molecule is C=P(c1c(F)c(F)c(F)c(F)c1F)(c1c(F)c(F)c(F)c(F)c1F)c1c(F)c(F)c(F)c(F)c1F. The molecule has 0 bridgehead atoms. The lowest BCUT2D eigenvalue weighted by atomic mass is 10.3. The van der Waals surface area contributed by atoms with E-state index in [0.29, 0.717) is 0 Å².